The molecule has 1 aliphatic carbocycles. The molecule has 0 radical (unpaired) electrons. The molecule has 9 heteroatoms. The van der Waals surface area contributed by atoms with Gasteiger partial charge in [0.15, 0.2) is 5.82 Å². The lowest BCUT2D eigenvalue weighted by atomic mass is 9.80. The van der Waals surface area contributed by atoms with Crippen molar-refractivity contribution in [3.63, 3.8) is 0 Å². The van der Waals surface area contributed by atoms with Gasteiger partial charge in [0.25, 0.3) is 0 Å². The SMILES string of the molecule is CCOC(=O)c1cn(-c2ccc(B(O)O)cc2)nc1N(C(=O)[C@H]1CC[C@H](C)CC1)C(C)C. The van der Waals surface area contributed by atoms with Crippen LogP contribution >= 0.6 is 0 Å². The second kappa shape index (κ2) is 10.3. The first-order chi connectivity index (χ1) is 15.2. The number of carbonyl (C=O) groups excluding carboxylic acids is 2. The number of ether oxygens (including phenoxy) is 1. The second-order valence-corrected chi connectivity index (χ2v) is 8.76. The van der Waals surface area contributed by atoms with Crippen LogP contribution in [0.25, 0.3) is 5.69 Å². The van der Waals surface area contributed by atoms with E-state index in [4.69, 9.17) is 4.74 Å². The fraction of sp³-hybridized carbons (Fsp3) is 0.522. The summed E-state index contributed by atoms with van der Waals surface area (Å²) in [6, 6.07) is 6.29. The highest BCUT2D eigenvalue weighted by Gasteiger charge is 2.34. The van der Waals surface area contributed by atoms with Crippen LogP contribution in [0, 0.1) is 11.8 Å². The molecule has 32 heavy (non-hydrogen) atoms. The molecule has 1 aromatic heterocycles. The molecule has 0 atom stereocenters. The largest absolute Gasteiger partial charge is 0.488 e. The van der Waals surface area contributed by atoms with E-state index in [-0.39, 0.29) is 35.9 Å². The number of esters is 1. The predicted molar refractivity (Wildman–Crippen MR) is 123 cm³/mol. The van der Waals surface area contributed by atoms with Crippen LogP contribution in [0.1, 0.15) is 63.7 Å². The zero-order chi connectivity index (χ0) is 23.4. The number of amides is 1. The van der Waals surface area contributed by atoms with Crippen molar-refractivity contribution >= 4 is 30.3 Å². The van der Waals surface area contributed by atoms with E-state index in [1.807, 2.05) is 13.8 Å². The quantitative estimate of drug-likeness (QED) is 0.505. The zero-order valence-corrected chi connectivity index (χ0v) is 19.2. The molecule has 3 rings (SSSR count). The van der Waals surface area contributed by atoms with Crippen molar-refractivity contribution in [2.75, 3.05) is 11.5 Å². The average Bonchev–Trinajstić information content (AvgIpc) is 3.19. The first-order valence-electron chi connectivity index (χ1n) is 11.3. The van der Waals surface area contributed by atoms with E-state index in [0.717, 1.165) is 25.7 Å². The molecule has 172 valence electrons. The lowest BCUT2D eigenvalue weighted by molar-refractivity contribution is -0.124. The minimum atomic E-state index is -1.57. The molecule has 1 aromatic carbocycles. The third-order valence-electron chi connectivity index (χ3n) is 5.99. The van der Waals surface area contributed by atoms with Gasteiger partial charge in [0.2, 0.25) is 5.91 Å². The molecule has 2 N–H and O–H groups in total. The van der Waals surface area contributed by atoms with Crippen LogP contribution in [0.5, 0.6) is 0 Å². The van der Waals surface area contributed by atoms with E-state index in [9.17, 15) is 19.6 Å². The highest BCUT2D eigenvalue weighted by molar-refractivity contribution is 6.58. The maximum atomic E-state index is 13.5. The average molecular weight is 441 g/mol. The summed E-state index contributed by atoms with van der Waals surface area (Å²) < 4.78 is 6.76. The van der Waals surface area contributed by atoms with Crippen LogP contribution in [-0.4, -0.2) is 51.5 Å². The Morgan fingerprint density at radius 2 is 1.81 bits per heavy atom. The molecule has 8 nitrogen and oxygen atoms in total. The number of carbonyl (C=O) groups is 2. The molecule has 1 fully saturated rings. The third-order valence-corrected chi connectivity index (χ3v) is 5.99. The minimum absolute atomic E-state index is 0.0125. The van der Waals surface area contributed by atoms with E-state index < -0.39 is 13.1 Å². The summed E-state index contributed by atoms with van der Waals surface area (Å²) in [5.41, 5.74) is 1.19. The summed E-state index contributed by atoms with van der Waals surface area (Å²) in [5, 5.41) is 23.3. The smallest absolute Gasteiger partial charge is 0.462 e. The van der Waals surface area contributed by atoms with Gasteiger partial charge in [0.05, 0.1) is 12.3 Å². The number of hydrogen-bond acceptors (Lipinski definition) is 6. The number of benzene rings is 1. The Labute approximate surface area is 189 Å². The highest BCUT2D eigenvalue weighted by atomic mass is 16.5. The number of rotatable bonds is 7. The van der Waals surface area contributed by atoms with Gasteiger partial charge in [-0.15, -0.1) is 5.10 Å². The molecule has 0 bridgehead atoms. The maximum absolute atomic E-state index is 13.5. The van der Waals surface area contributed by atoms with Crippen molar-refractivity contribution in [3.05, 3.63) is 36.0 Å². The summed E-state index contributed by atoms with van der Waals surface area (Å²) in [6.07, 6.45) is 5.27. The van der Waals surface area contributed by atoms with E-state index in [0.29, 0.717) is 17.1 Å². The third kappa shape index (κ3) is 5.22. The Morgan fingerprint density at radius 3 is 2.34 bits per heavy atom. The fourth-order valence-electron chi connectivity index (χ4n) is 4.13. The van der Waals surface area contributed by atoms with Crippen LogP contribution in [0.15, 0.2) is 30.5 Å². The first-order valence-corrected chi connectivity index (χ1v) is 11.3. The summed E-state index contributed by atoms with van der Waals surface area (Å²) in [4.78, 5) is 27.9. The van der Waals surface area contributed by atoms with E-state index in [1.165, 1.54) is 4.68 Å². The zero-order valence-electron chi connectivity index (χ0n) is 19.2. The lowest BCUT2D eigenvalue weighted by Gasteiger charge is -2.32. The minimum Gasteiger partial charge on any atom is -0.462 e. The Kier molecular flexibility index (Phi) is 7.74. The van der Waals surface area contributed by atoms with Gasteiger partial charge in [-0.3, -0.25) is 9.69 Å². The van der Waals surface area contributed by atoms with E-state index in [2.05, 4.69) is 12.0 Å². The summed E-state index contributed by atoms with van der Waals surface area (Å²) in [6.45, 7) is 7.98. The molecule has 0 unspecified atom stereocenters. The molecule has 1 amide bonds. The molecule has 1 heterocycles. The monoisotopic (exact) mass is 441 g/mol. The Bertz CT molecular complexity index is 934. The first kappa shape index (κ1) is 24.0. The Morgan fingerprint density at radius 1 is 1.19 bits per heavy atom. The highest BCUT2D eigenvalue weighted by Crippen LogP contribution is 2.33. The van der Waals surface area contributed by atoms with Crippen LogP contribution in [0.2, 0.25) is 0 Å². The fourth-order valence-corrected chi connectivity index (χ4v) is 4.13. The van der Waals surface area contributed by atoms with Gasteiger partial charge >= 0.3 is 13.1 Å². The van der Waals surface area contributed by atoms with Crippen LogP contribution < -0.4 is 10.4 Å². The maximum Gasteiger partial charge on any atom is 0.488 e. The van der Waals surface area contributed by atoms with Gasteiger partial charge in [0, 0.05) is 18.2 Å². The van der Waals surface area contributed by atoms with Crippen molar-refractivity contribution in [2.24, 2.45) is 11.8 Å². The van der Waals surface area contributed by atoms with E-state index >= 15 is 0 Å². The molecular weight excluding hydrogens is 409 g/mol. The van der Waals surface area contributed by atoms with Crippen molar-refractivity contribution in [1.82, 2.24) is 9.78 Å². The molecular formula is C23H32BN3O5. The number of aromatic nitrogens is 2. The molecule has 2 aromatic rings. The lowest BCUT2D eigenvalue weighted by Crippen LogP contribution is -2.43. The predicted octanol–water partition coefficient (Wildman–Crippen LogP) is 2.30. The Hall–Kier alpha value is -2.65. The number of hydrogen-bond donors (Lipinski definition) is 2. The standard InChI is InChI=1S/C23H32BN3O5/c1-5-32-23(29)20-14-26(19-12-10-18(11-13-19)24(30)31)25-21(20)27(15(2)3)22(28)17-8-6-16(4)7-9-17/h10-17,30-31H,5-9H2,1-4H3/t16-,17-. The summed E-state index contributed by atoms with van der Waals surface area (Å²) >= 11 is 0. The van der Waals surface area contributed by atoms with Gasteiger partial charge in [-0.2, -0.15) is 0 Å². The molecule has 0 spiro atoms. The van der Waals surface area contributed by atoms with E-state index in [1.54, 1.807) is 42.3 Å². The molecule has 0 aliphatic heterocycles. The summed E-state index contributed by atoms with van der Waals surface area (Å²) in [7, 11) is -1.57. The normalized spacial score (nSPS) is 18.5. The van der Waals surface area contributed by atoms with Crippen LogP contribution in [0.4, 0.5) is 5.82 Å². The van der Waals surface area contributed by atoms with Gasteiger partial charge < -0.3 is 14.8 Å². The van der Waals surface area contributed by atoms with Crippen LogP contribution in [0.3, 0.4) is 0 Å². The van der Waals surface area contributed by atoms with Crippen molar-refractivity contribution in [3.8, 4) is 5.69 Å². The number of anilines is 1. The van der Waals surface area contributed by atoms with Gasteiger partial charge in [-0.1, -0.05) is 19.1 Å². The molecule has 1 aliphatic rings. The van der Waals surface area contributed by atoms with Crippen LogP contribution in [-0.2, 0) is 9.53 Å². The number of nitrogens with zero attached hydrogens (tertiary/aromatic N) is 3. The Balaban J connectivity index is 2.01. The van der Waals surface area contributed by atoms with Crippen molar-refractivity contribution in [2.45, 2.75) is 59.4 Å². The van der Waals surface area contributed by atoms with Gasteiger partial charge in [-0.25, -0.2) is 9.48 Å². The van der Waals surface area contributed by atoms with Crippen molar-refractivity contribution in [1.29, 1.82) is 0 Å². The molecule has 1 saturated carbocycles. The topological polar surface area (TPSA) is 105 Å². The second-order valence-electron chi connectivity index (χ2n) is 8.76. The van der Waals surface area contributed by atoms with Gasteiger partial charge in [-0.05, 0) is 70.0 Å². The molecule has 0 saturated heterocycles. The summed E-state index contributed by atoms with van der Waals surface area (Å²) in [5.74, 6) is 0.280. The van der Waals surface area contributed by atoms with Gasteiger partial charge in [0.1, 0.15) is 5.56 Å². The van der Waals surface area contributed by atoms with Crippen molar-refractivity contribution < 1.29 is 24.4 Å².